The highest BCUT2D eigenvalue weighted by Gasteiger charge is 2.07. The molecule has 1 fully saturated rings. The smallest absolute Gasteiger partial charge is 0.165 e. The van der Waals surface area contributed by atoms with E-state index in [0.29, 0.717) is 0 Å². The lowest BCUT2D eigenvalue weighted by atomic mass is 10.7. The van der Waals surface area contributed by atoms with E-state index < -0.39 is 0 Å². The summed E-state index contributed by atoms with van der Waals surface area (Å²) in [5, 5.41) is 3.12. The molecule has 1 N–H and O–H groups in total. The van der Waals surface area contributed by atoms with Crippen LogP contribution in [0.4, 0.5) is 0 Å². The zero-order valence-electron chi connectivity index (χ0n) is 3.28. The predicted octanol–water partition coefficient (Wildman–Crippen LogP) is 0.285. The van der Waals surface area contributed by atoms with E-state index in [9.17, 15) is 0 Å². The number of halogens is 1. The van der Waals surface area contributed by atoms with Crippen LogP contribution in [-0.2, 0) is 4.74 Å². The molecule has 1 unspecified atom stereocenters. The molecule has 0 amide bonds. The average molecular weight is 152 g/mol. The Morgan fingerprint density at radius 3 is 2.83 bits per heavy atom. The van der Waals surface area contributed by atoms with Crippen molar-refractivity contribution < 1.29 is 4.74 Å². The van der Waals surface area contributed by atoms with E-state index in [2.05, 4.69) is 21.2 Å². The quantitative estimate of drug-likeness (QED) is 0.397. The molecule has 0 aromatic rings. The third kappa shape index (κ3) is 0.929. The summed E-state index contributed by atoms with van der Waals surface area (Å²) in [6.07, 6.45) is 0. The minimum absolute atomic E-state index is 0.109. The highest BCUT2D eigenvalue weighted by atomic mass is 79.9. The van der Waals surface area contributed by atoms with Crippen molar-refractivity contribution in [2.24, 2.45) is 0 Å². The second kappa shape index (κ2) is 1.91. The van der Waals surface area contributed by atoms with Crippen LogP contribution in [0, 0.1) is 0 Å². The number of nitrogens with one attached hydrogen (secondary N) is 1. The van der Waals surface area contributed by atoms with E-state index in [-0.39, 0.29) is 5.14 Å². The van der Waals surface area contributed by atoms with Crippen LogP contribution < -0.4 is 5.32 Å². The van der Waals surface area contributed by atoms with Crippen LogP contribution in [-0.4, -0.2) is 18.3 Å². The third-order valence-electron chi connectivity index (χ3n) is 0.671. The number of hydrogen-bond donors (Lipinski definition) is 1. The highest BCUT2D eigenvalue weighted by Crippen LogP contribution is 2.00. The SMILES string of the molecule is BrC1NCCO1. The van der Waals surface area contributed by atoms with E-state index in [1.54, 1.807) is 0 Å². The molecule has 2 nitrogen and oxygen atoms in total. The summed E-state index contributed by atoms with van der Waals surface area (Å²) < 4.78 is 4.96. The first-order valence-corrected chi connectivity index (χ1v) is 2.80. The van der Waals surface area contributed by atoms with E-state index in [1.807, 2.05) is 0 Å². The van der Waals surface area contributed by atoms with Crippen LogP contribution in [0.25, 0.3) is 0 Å². The summed E-state index contributed by atoms with van der Waals surface area (Å²) in [7, 11) is 0. The summed E-state index contributed by atoms with van der Waals surface area (Å²) >= 11 is 3.20. The lowest BCUT2D eigenvalue weighted by Gasteiger charge is -1.93. The van der Waals surface area contributed by atoms with Crippen molar-refractivity contribution in [2.45, 2.75) is 5.14 Å². The van der Waals surface area contributed by atoms with Gasteiger partial charge in [-0.1, -0.05) is 0 Å². The lowest BCUT2D eigenvalue weighted by Crippen LogP contribution is -2.14. The summed E-state index contributed by atoms with van der Waals surface area (Å²) in [6.45, 7) is 1.80. The fraction of sp³-hybridized carbons (Fsp3) is 1.00. The van der Waals surface area contributed by atoms with Gasteiger partial charge in [0.1, 0.15) is 0 Å². The van der Waals surface area contributed by atoms with Crippen molar-refractivity contribution in [1.82, 2.24) is 5.32 Å². The molecule has 0 aromatic heterocycles. The second-order valence-electron chi connectivity index (χ2n) is 1.14. The lowest BCUT2D eigenvalue weighted by molar-refractivity contribution is 0.173. The standard InChI is InChI=1S/C3H6BrNO/c4-3-5-1-2-6-3/h3,5H,1-2H2. The molecule has 0 radical (unpaired) electrons. The Morgan fingerprint density at radius 1 is 1.83 bits per heavy atom. The van der Waals surface area contributed by atoms with Crippen LogP contribution in [0.1, 0.15) is 0 Å². The molecule has 0 spiro atoms. The molecule has 1 atom stereocenters. The molecular weight excluding hydrogens is 146 g/mol. The van der Waals surface area contributed by atoms with E-state index >= 15 is 0 Å². The maximum atomic E-state index is 4.96. The van der Waals surface area contributed by atoms with Crippen LogP contribution in [0.3, 0.4) is 0 Å². The first-order valence-electron chi connectivity index (χ1n) is 1.88. The summed E-state index contributed by atoms with van der Waals surface area (Å²) in [6, 6.07) is 0. The molecule has 0 aromatic carbocycles. The Labute approximate surface area is 45.0 Å². The molecule has 0 aliphatic carbocycles. The Kier molecular flexibility index (Phi) is 1.45. The van der Waals surface area contributed by atoms with Gasteiger partial charge in [0.15, 0.2) is 5.14 Å². The number of ether oxygens (including phenoxy) is 1. The van der Waals surface area contributed by atoms with Gasteiger partial charge in [0.25, 0.3) is 0 Å². The van der Waals surface area contributed by atoms with Gasteiger partial charge < -0.3 is 4.74 Å². The topological polar surface area (TPSA) is 21.3 Å². The molecule has 1 aliphatic heterocycles. The normalized spacial score (nSPS) is 34.5. The number of alkyl halides is 1. The van der Waals surface area contributed by atoms with Crippen LogP contribution in [0.15, 0.2) is 0 Å². The van der Waals surface area contributed by atoms with Crippen molar-refractivity contribution in [1.29, 1.82) is 0 Å². The van der Waals surface area contributed by atoms with Gasteiger partial charge in [-0.2, -0.15) is 0 Å². The monoisotopic (exact) mass is 151 g/mol. The zero-order chi connectivity index (χ0) is 4.41. The summed E-state index contributed by atoms with van der Waals surface area (Å²) in [5.74, 6) is 0. The highest BCUT2D eigenvalue weighted by molar-refractivity contribution is 9.09. The van der Waals surface area contributed by atoms with Gasteiger partial charge in [-0.05, 0) is 15.9 Å². The van der Waals surface area contributed by atoms with Gasteiger partial charge >= 0.3 is 0 Å². The van der Waals surface area contributed by atoms with Gasteiger partial charge in [0, 0.05) is 6.54 Å². The Hall–Kier alpha value is 0.400. The van der Waals surface area contributed by atoms with Crippen molar-refractivity contribution in [2.75, 3.05) is 13.2 Å². The van der Waals surface area contributed by atoms with Crippen molar-refractivity contribution in [3.63, 3.8) is 0 Å². The second-order valence-corrected chi connectivity index (χ2v) is 1.97. The molecule has 1 saturated heterocycles. The van der Waals surface area contributed by atoms with Crippen molar-refractivity contribution in [3.05, 3.63) is 0 Å². The minimum atomic E-state index is 0.109. The van der Waals surface area contributed by atoms with E-state index in [1.165, 1.54) is 0 Å². The maximum Gasteiger partial charge on any atom is 0.165 e. The molecule has 6 heavy (non-hydrogen) atoms. The summed E-state index contributed by atoms with van der Waals surface area (Å²) in [4.78, 5) is 0. The Bertz CT molecular complexity index is 44.1. The van der Waals surface area contributed by atoms with Crippen molar-refractivity contribution in [3.8, 4) is 0 Å². The van der Waals surface area contributed by atoms with E-state index in [0.717, 1.165) is 13.2 Å². The molecule has 3 heteroatoms. The molecule has 1 rings (SSSR count). The number of rotatable bonds is 0. The predicted molar refractivity (Wildman–Crippen MR) is 26.7 cm³/mol. The molecule has 36 valence electrons. The molecule has 0 bridgehead atoms. The van der Waals surface area contributed by atoms with Crippen LogP contribution >= 0.6 is 15.9 Å². The molecular formula is C3H6BrNO. The Morgan fingerprint density at radius 2 is 2.67 bits per heavy atom. The first-order chi connectivity index (χ1) is 2.89. The Balaban J connectivity index is 2.18. The molecule has 0 saturated carbocycles. The van der Waals surface area contributed by atoms with Gasteiger partial charge in [0.2, 0.25) is 0 Å². The van der Waals surface area contributed by atoms with Gasteiger partial charge in [-0.25, -0.2) is 0 Å². The largest absolute Gasteiger partial charge is 0.352 e. The maximum absolute atomic E-state index is 4.96. The summed E-state index contributed by atoms with van der Waals surface area (Å²) in [5.41, 5.74) is 0. The fourth-order valence-corrected chi connectivity index (χ4v) is 0.810. The van der Waals surface area contributed by atoms with Gasteiger partial charge in [0.05, 0.1) is 6.61 Å². The van der Waals surface area contributed by atoms with Crippen molar-refractivity contribution >= 4 is 15.9 Å². The average Bonchev–Trinajstić information content (AvgIpc) is 1.86. The van der Waals surface area contributed by atoms with Crippen LogP contribution in [0.2, 0.25) is 0 Å². The fourth-order valence-electron chi connectivity index (χ4n) is 0.394. The first kappa shape index (κ1) is 4.56. The molecule has 1 heterocycles. The minimum Gasteiger partial charge on any atom is -0.352 e. The van der Waals surface area contributed by atoms with Gasteiger partial charge in [-0.15, -0.1) is 0 Å². The third-order valence-corrected chi connectivity index (χ3v) is 1.26. The van der Waals surface area contributed by atoms with Gasteiger partial charge in [-0.3, -0.25) is 5.32 Å². The zero-order valence-corrected chi connectivity index (χ0v) is 4.86. The van der Waals surface area contributed by atoms with E-state index in [4.69, 9.17) is 4.74 Å². The molecule has 1 aliphatic rings. The van der Waals surface area contributed by atoms with Crippen LogP contribution in [0.5, 0.6) is 0 Å². The number of hydrogen-bond acceptors (Lipinski definition) is 2.